The van der Waals surface area contributed by atoms with Crippen molar-refractivity contribution in [1.29, 1.82) is 0 Å². The van der Waals surface area contributed by atoms with Gasteiger partial charge in [0.15, 0.2) is 12.1 Å². The standard InChI is InChI=1S/C15H15NO.C11H8O3/c1-11(17)14-9-8-13(10-15(14)16-2)12-6-4-3-5-7-12;12-6-9-2-1-8(5-11(9)13)10-3-4-14-7-10/h3-10,16H,1-2H3;1-7,13H. The molecule has 2 N–H and O–H groups in total. The van der Waals surface area contributed by atoms with Crippen LogP contribution in [0.4, 0.5) is 5.69 Å². The molecule has 4 aromatic rings. The van der Waals surface area contributed by atoms with E-state index in [4.69, 9.17) is 4.42 Å². The quantitative estimate of drug-likeness (QED) is 0.307. The molecule has 0 unspecified atom stereocenters. The van der Waals surface area contributed by atoms with E-state index in [1.165, 1.54) is 6.07 Å². The third-order valence-corrected chi connectivity index (χ3v) is 4.79. The first-order valence-corrected chi connectivity index (χ1v) is 9.72. The van der Waals surface area contributed by atoms with Crippen LogP contribution in [-0.4, -0.2) is 24.2 Å². The summed E-state index contributed by atoms with van der Waals surface area (Å²) in [5, 5.41) is 12.5. The van der Waals surface area contributed by atoms with Gasteiger partial charge in [0, 0.05) is 23.9 Å². The van der Waals surface area contributed by atoms with Crippen LogP contribution in [0.3, 0.4) is 0 Å². The Kier molecular flexibility index (Phi) is 7.01. The zero-order valence-electron chi connectivity index (χ0n) is 17.3. The van der Waals surface area contributed by atoms with Crippen LogP contribution in [0.1, 0.15) is 27.6 Å². The average molecular weight is 413 g/mol. The lowest BCUT2D eigenvalue weighted by atomic mass is 10.0. The number of carbonyl (C=O) groups excluding carboxylic acids is 2. The van der Waals surface area contributed by atoms with Gasteiger partial charge in [-0.15, -0.1) is 0 Å². The molecule has 0 aliphatic carbocycles. The number of benzene rings is 3. The van der Waals surface area contributed by atoms with Crippen molar-refractivity contribution in [3.8, 4) is 28.0 Å². The molecule has 0 saturated carbocycles. The van der Waals surface area contributed by atoms with Gasteiger partial charge >= 0.3 is 0 Å². The number of anilines is 1. The van der Waals surface area contributed by atoms with E-state index < -0.39 is 0 Å². The van der Waals surface area contributed by atoms with E-state index in [0.29, 0.717) is 6.29 Å². The Labute approximate surface area is 181 Å². The molecule has 5 nitrogen and oxygen atoms in total. The second-order valence-electron chi connectivity index (χ2n) is 6.84. The Morgan fingerprint density at radius 3 is 2.19 bits per heavy atom. The Morgan fingerprint density at radius 1 is 0.903 bits per heavy atom. The summed E-state index contributed by atoms with van der Waals surface area (Å²) in [7, 11) is 1.83. The number of rotatable bonds is 5. The van der Waals surface area contributed by atoms with Gasteiger partial charge in [-0.05, 0) is 53.9 Å². The molecule has 3 aromatic carbocycles. The molecule has 0 aliphatic heterocycles. The fourth-order valence-electron chi connectivity index (χ4n) is 3.12. The van der Waals surface area contributed by atoms with Crippen molar-refractivity contribution in [2.24, 2.45) is 0 Å². The minimum Gasteiger partial charge on any atom is -0.507 e. The summed E-state index contributed by atoms with van der Waals surface area (Å²) in [5.41, 5.74) is 5.85. The third kappa shape index (κ3) is 5.28. The van der Waals surface area contributed by atoms with Crippen molar-refractivity contribution in [3.05, 3.63) is 96.4 Å². The predicted octanol–water partition coefficient (Wildman–Crippen LogP) is 6.06. The molecule has 0 amide bonds. The highest BCUT2D eigenvalue weighted by Gasteiger charge is 2.07. The van der Waals surface area contributed by atoms with Crippen LogP contribution in [0.15, 0.2) is 89.7 Å². The Morgan fingerprint density at radius 2 is 1.61 bits per heavy atom. The van der Waals surface area contributed by atoms with Gasteiger partial charge < -0.3 is 14.8 Å². The first-order chi connectivity index (χ1) is 15.0. The maximum Gasteiger partial charge on any atom is 0.161 e. The summed E-state index contributed by atoms with van der Waals surface area (Å²) in [5.74, 6) is 0.0626. The Bertz CT molecular complexity index is 1170. The Hall–Kier alpha value is -4.12. The zero-order valence-corrected chi connectivity index (χ0v) is 17.3. The van der Waals surface area contributed by atoms with Crippen molar-refractivity contribution in [3.63, 3.8) is 0 Å². The number of aldehydes is 1. The molecule has 31 heavy (non-hydrogen) atoms. The topological polar surface area (TPSA) is 79.5 Å². The molecule has 0 aliphatic rings. The SMILES string of the molecule is CNc1cc(-c2ccccc2)ccc1C(C)=O.O=Cc1ccc(-c2ccoc2)cc1O. The molecule has 0 saturated heterocycles. The van der Waals surface area contributed by atoms with Crippen LogP contribution in [0, 0.1) is 0 Å². The van der Waals surface area contributed by atoms with Crippen LogP contribution in [-0.2, 0) is 0 Å². The van der Waals surface area contributed by atoms with Crippen LogP contribution >= 0.6 is 0 Å². The number of aromatic hydroxyl groups is 1. The van der Waals surface area contributed by atoms with Gasteiger partial charge in [-0.25, -0.2) is 0 Å². The average Bonchev–Trinajstić information content (AvgIpc) is 3.34. The maximum atomic E-state index is 11.4. The number of phenols is 1. The highest BCUT2D eigenvalue weighted by atomic mass is 16.3. The normalized spacial score (nSPS) is 10.0. The summed E-state index contributed by atoms with van der Waals surface area (Å²) < 4.78 is 4.91. The summed E-state index contributed by atoms with van der Waals surface area (Å²) in [6.07, 6.45) is 3.75. The fraction of sp³-hybridized carbons (Fsp3) is 0.0769. The van der Waals surface area contributed by atoms with Crippen LogP contribution in [0.25, 0.3) is 22.3 Å². The lowest BCUT2D eigenvalue weighted by Crippen LogP contribution is -2.00. The molecule has 0 fully saturated rings. The molecule has 0 spiro atoms. The number of hydrogen-bond acceptors (Lipinski definition) is 5. The lowest BCUT2D eigenvalue weighted by Gasteiger charge is -2.09. The first kappa shape index (κ1) is 21.6. The van der Waals surface area contributed by atoms with Gasteiger partial charge in [-0.2, -0.15) is 0 Å². The molecule has 156 valence electrons. The molecule has 0 atom stereocenters. The second kappa shape index (κ2) is 10.1. The van der Waals surface area contributed by atoms with Crippen molar-refractivity contribution in [2.75, 3.05) is 12.4 Å². The minimum absolute atomic E-state index is 0.0151. The Balaban J connectivity index is 0.000000179. The molecule has 1 aromatic heterocycles. The number of nitrogens with one attached hydrogen (secondary N) is 1. The summed E-state index contributed by atoms with van der Waals surface area (Å²) in [4.78, 5) is 21.9. The zero-order chi connectivity index (χ0) is 22.2. The number of carbonyl (C=O) groups is 2. The van der Waals surface area contributed by atoms with Crippen molar-refractivity contribution in [2.45, 2.75) is 6.92 Å². The highest BCUT2D eigenvalue weighted by molar-refractivity contribution is 6.00. The number of phenolic OH excluding ortho intramolecular Hbond substituents is 1. The maximum absolute atomic E-state index is 11.4. The minimum atomic E-state index is -0.0151. The van der Waals surface area contributed by atoms with E-state index in [9.17, 15) is 14.7 Å². The molecule has 0 bridgehead atoms. The van der Waals surface area contributed by atoms with E-state index in [1.54, 1.807) is 37.6 Å². The highest BCUT2D eigenvalue weighted by Crippen LogP contribution is 2.26. The number of ketones is 1. The molecule has 5 heteroatoms. The summed E-state index contributed by atoms with van der Waals surface area (Å²) in [6, 6.07) is 22.6. The van der Waals surface area contributed by atoms with Gasteiger partial charge in [-0.3, -0.25) is 9.59 Å². The molecular weight excluding hydrogens is 390 g/mol. The number of furan rings is 1. The second-order valence-corrected chi connectivity index (χ2v) is 6.84. The van der Waals surface area contributed by atoms with Crippen molar-refractivity contribution < 1.29 is 19.1 Å². The van der Waals surface area contributed by atoms with Crippen molar-refractivity contribution >= 4 is 17.8 Å². The van der Waals surface area contributed by atoms with E-state index in [1.807, 2.05) is 43.4 Å². The third-order valence-electron chi connectivity index (χ3n) is 4.79. The van der Waals surface area contributed by atoms with E-state index in [2.05, 4.69) is 17.4 Å². The van der Waals surface area contributed by atoms with Gasteiger partial charge in [0.2, 0.25) is 0 Å². The van der Waals surface area contributed by atoms with E-state index in [0.717, 1.165) is 33.5 Å². The molecule has 4 rings (SSSR count). The van der Waals surface area contributed by atoms with Gasteiger partial charge in [0.05, 0.1) is 18.1 Å². The molecular formula is C26H23NO4. The monoisotopic (exact) mass is 413 g/mol. The van der Waals surface area contributed by atoms with Crippen LogP contribution in [0.2, 0.25) is 0 Å². The van der Waals surface area contributed by atoms with Gasteiger partial charge in [0.1, 0.15) is 5.75 Å². The van der Waals surface area contributed by atoms with E-state index >= 15 is 0 Å². The van der Waals surface area contributed by atoms with E-state index in [-0.39, 0.29) is 17.1 Å². The predicted molar refractivity (Wildman–Crippen MR) is 123 cm³/mol. The van der Waals surface area contributed by atoms with Crippen molar-refractivity contribution in [1.82, 2.24) is 0 Å². The molecule has 0 radical (unpaired) electrons. The number of Topliss-reactive ketones (excluding diaryl/α,β-unsaturated/α-hetero) is 1. The fourth-order valence-corrected chi connectivity index (χ4v) is 3.12. The lowest BCUT2D eigenvalue weighted by molar-refractivity contribution is 0.101. The van der Waals surface area contributed by atoms with Gasteiger partial charge in [-0.1, -0.05) is 42.5 Å². The number of hydrogen-bond donors (Lipinski definition) is 2. The van der Waals surface area contributed by atoms with Crippen LogP contribution in [0.5, 0.6) is 5.75 Å². The summed E-state index contributed by atoms with van der Waals surface area (Å²) >= 11 is 0. The van der Waals surface area contributed by atoms with Crippen LogP contribution < -0.4 is 5.32 Å². The first-order valence-electron chi connectivity index (χ1n) is 9.72. The smallest absolute Gasteiger partial charge is 0.161 e. The van der Waals surface area contributed by atoms with Gasteiger partial charge in [0.25, 0.3) is 0 Å². The molecule has 1 heterocycles. The largest absolute Gasteiger partial charge is 0.507 e. The summed E-state index contributed by atoms with van der Waals surface area (Å²) in [6.45, 7) is 1.58.